The normalized spacial score (nSPS) is 10.9. The average Bonchev–Trinajstić information content (AvgIpc) is 2.71. The lowest BCUT2D eigenvalue weighted by Crippen LogP contribution is -2.07. The molecular formula is C12H9N3OS. The summed E-state index contributed by atoms with van der Waals surface area (Å²) < 4.78 is 0.681. The van der Waals surface area contributed by atoms with Crippen molar-refractivity contribution >= 4 is 21.6 Å². The quantitative estimate of drug-likeness (QED) is 0.713. The molecule has 3 heterocycles. The van der Waals surface area contributed by atoms with Crippen LogP contribution in [0.3, 0.4) is 0 Å². The average molecular weight is 243 g/mol. The number of aromatic amines is 1. The SMILES string of the molecule is Cc1cc2nc(-c3ccncc3)[nH]c(=O)c2s1. The summed E-state index contributed by atoms with van der Waals surface area (Å²) in [6, 6.07) is 5.58. The zero-order chi connectivity index (χ0) is 11.8. The topological polar surface area (TPSA) is 58.6 Å². The molecule has 0 fully saturated rings. The molecule has 0 amide bonds. The fourth-order valence-corrected chi connectivity index (χ4v) is 2.55. The van der Waals surface area contributed by atoms with Crippen molar-refractivity contribution in [1.29, 1.82) is 0 Å². The smallest absolute Gasteiger partial charge is 0.269 e. The Morgan fingerprint density at radius 2 is 2.06 bits per heavy atom. The van der Waals surface area contributed by atoms with Gasteiger partial charge in [-0.2, -0.15) is 0 Å². The van der Waals surface area contributed by atoms with Crippen LogP contribution in [0, 0.1) is 6.92 Å². The summed E-state index contributed by atoms with van der Waals surface area (Å²) in [5.74, 6) is 0.586. The first-order chi connectivity index (χ1) is 8.24. The summed E-state index contributed by atoms with van der Waals surface area (Å²) in [7, 11) is 0. The molecule has 0 aliphatic carbocycles. The van der Waals surface area contributed by atoms with Gasteiger partial charge in [-0.1, -0.05) is 0 Å². The standard InChI is InChI=1S/C12H9N3OS/c1-7-6-9-10(17-7)12(16)15-11(14-9)8-2-4-13-5-3-8/h2-6H,1H3,(H,14,15,16). The molecule has 0 atom stereocenters. The van der Waals surface area contributed by atoms with Crippen LogP contribution in [0.4, 0.5) is 0 Å². The van der Waals surface area contributed by atoms with Gasteiger partial charge in [0.05, 0.1) is 5.52 Å². The van der Waals surface area contributed by atoms with Gasteiger partial charge in [-0.25, -0.2) is 4.98 Å². The van der Waals surface area contributed by atoms with Gasteiger partial charge in [0, 0.05) is 22.8 Å². The largest absolute Gasteiger partial charge is 0.305 e. The molecule has 0 aromatic carbocycles. The van der Waals surface area contributed by atoms with Crippen molar-refractivity contribution in [2.75, 3.05) is 0 Å². The number of hydrogen-bond acceptors (Lipinski definition) is 4. The molecule has 4 nitrogen and oxygen atoms in total. The lowest BCUT2D eigenvalue weighted by Gasteiger charge is -1.99. The van der Waals surface area contributed by atoms with Crippen molar-refractivity contribution in [1.82, 2.24) is 15.0 Å². The Hall–Kier alpha value is -2.01. The van der Waals surface area contributed by atoms with E-state index >= 15 is 0 Å². The lowest BCUT2D eigenvalue weighted by molar-refractivity contribution is 1.18. The Morgan fingerprint density at radius 1 is 1.29 bits per heavy atom. The van der Waals surface area contributed by atoms with Gasteiger partial charge >= 0.3 is 0 Å². The van der Waals surface area contributed by atoms with Crippen LogP contribution in [0.2, 0.25) is 0 Å². The van der Waals surface area contributed by atoms with E-state index in [1.807, 2.05) is 25.1 Å². The molecule has 0 aliphatic heterocycles. The van der Waals surface area contributed by atoms with Gasteiger partial charge in [0.15, 0.2) is 0 Å². The molecule has 0 saturated carbocycles. The summed E-state index contributed by atoms with van der Waals surface area (Å²) in [4.78, 5) is 24.2. The van der Waals surface area contributed by atoms with Gasteiger partial charge in [0.25, 0.3) is 5.56 Å². The Morgan fingerprint density at radius 3 is 2.82 bits per heavy atom. The van der Waals surface area contributed by atoms with Crippen molar-refractivity contribution in [3.8, 4) is 11.4 Å². The number of pyridine rings is 1. The molecule has 0 bridgehead atoms. The van der Waals surface area contributed by atoms with Crippen molar-refractivity contribution < 1.29 is 0 Å². The third-order valence-corrected chi connectivity index (χ3v) is 3.50. The second kappa shape index (κ2) is 3.78. The first kappa shape index (κ1) is 10.2. The number of H-pyrrole nitrogens is 1. The summed E-state index contributed by atoms with van der Waals surface area (Å²) in [5.41, 5.74) is 1.53. The summed E-state index contributed by atoms with van der Waals surface area (Å²) >= 11 is 1.46. The van der Waals surface area contributed by atoms with E-state index in [0.717, 1.165) is 16.0 Å². The Balaban J connectivity index is 2.29. The van der Waals surface area contributed by atoms with Gasteiger partial charge in [-0.05, 0) is 25.1 Å². The van der Waals surface area contributed by atoms with Crippen LogP contribution < -0.4 is 5.56 Å². The van der Waals surface area contributed by atoms with E-state index in [0.29, 0.717) is 10.5 Å². The van der Waals surface area contributed by atoms with E-state index in [1.54, 1.807) is 12.4 Å². The van der Waals surface area contributed by atoms with E-state index in [-0.39, 0.29) is 5.56 Å². The Kier molecular flexibility index (Phi) is 2.26. The van der Waals surface area contributed by atoms with Gasteiger partial charge in [0.2, 0.25) is 0 Å². The van der Waals surface area contributed by atoms with E-state index in [4.69, 9.17) is 0 Å². The number of nitrogens with zero attached hydrogens (tertiary/aromatic N) is 2. The minimum Gasteiger partial charge on any atom is -0.305 e. The predicted octanol–water partition coefficient (Wildman–Crippen LogP) is 2.36. The molecule has 3 rings (SSSR count). The molecular weight excluding hydrogens is 234 g/mol. The molecule has 0 unspecified atom stereocenters. The predicted molar refractivity (Wildman–Crippen MR) is 68.2 cm³/mol. The molecule has 84 valence electrons. The van der Waals surface area contributed by atoms with Crippen molar-refractivity contribution in [3.63, 3.8) is 0 Å². The number of fused-ring (bicyclic) bond motifs is 1. The van der Waals surface area contributed by atoms with Crippen LogP contribution in [0.5, 0.6) is 0 Å². The zero-order valence-electron chi connectivity index (χ0n) is 9.10. The second-order valence-electron chi connectivity index (χ2n) is 3.72. The summed E-state index contributed by atoms with van der Waals surface area (Å²) in [5, 5.41) is 0. The maximum absolute atomic E-state index is 11.9. The van der Waals surface area contributed by atoms with Gasteiger partial charge in [-0.3, -0.25) is 9.78 Å². The molecule has 17 heavy (non-hydrogen) atoms. The van der Waals surface area contributed by atoms with E-state index in [9.17, 15) is 4.79 Å². The molecule has 5 heteroatoms. The first-order valence-corrected chi connectivity index (χ1v) is 5.96. The molecule has 0 saturated heterocycles. The Bertz CT molecular complexity index is 730. The summed E-state index contributed by atoms with van der Waals surface area (Å²) in [6.07, 6.45) is 3.36. The van der Waals surface area contributed by atoms with Crippen LogP contribution in [0.25, 0.3) is 21.6 Å². The highest BCUT2D eigenvalue weighted by Gasteiger charge is 2.07. The molecule has 0 aliphatic rings. The van der Waals surface area contributed by atoms with Crippen LogP contribution in [0.15, 0.2) is 35.4 Å². The molecule has 3 aromatic heterocycles. The zero-order valence-corrected chi connectivity index (χ0v) is 9.91. The summed E-state index contributed by atoms with van der Waals surface area (Å²) in [6.45, 7) is 1.97. The molecule has 0 spiro atoms. The van der Waals surface area contributed by atoms with Gasteiger partial charge < -0.3 is 4.98 Å². The van der Waals surface area contributed by atoms with Crippen molar-refractivity contribution in [2.45, 2.75) is 6.92 Å². The Labute approximate surface area is 101 Å². The lowest BCUT2D eigenvalue weighted by atomic mass is 10.2. The minimum atomic E-state index is -0.0834. The van der Waals surface area contributed by atoms with Crippen LogP contribution in [-0.4, -0.2) is 15.0 Å². The van der Waals surface area contributed by atoms with Crippen molar-refractivity contribution in [3.05, 3.63) is 45.8 Å². The fraction of sp³-hybridized carbons (Fsp3) is 0.0833. The highest BCUT2D eigenvalue weighted by Crippen LogP contribution is 2.22. The van der Waals surface area contributed by atoms with E-state index < -0.39 is 0 Å². The number of hydrogen-bond donors (Lipinski definition) is 1. The maximum Gasteiger partial charge on any atom is 0.269 e. The third-order valence-electron chi connectivity index (χ3n) is 2.46. The van der Waals surface area contributed by atoms with E-state index in [2.05, 4.69) is 15.0 Å². The van der Waals surface area contributed by atoms with Crippen LogP contribution in [0.1, 0.15) is 4.88 Å². The second-order valence-corrected chi connectivity index (χ2v) is 4.98. The fourth-order valence-electron chi connectivity index (χ4n) is 1.71. The third kappa shape index (κ3) is 1.74. The van der Waals surface area contributed by atoms with Crippen LogP contribution >= 0.6 is 11.3 Å². The van der Waals surface area contributed by atoms with Crippen LogP contribution in [-0.2, 0) is 0 Å². The maximum atomic E-state index is 11.9. The first-order valence-electron chi connectivity index (χ1n) is 5.15. The number of rotatable bonds is 1. The van der Waals surface area contributed by atoms with Gasteiger partial charge in [-0.15, -0.1) is 11.3 Å². The van der Waals surface area contributed by atoms with Gasteiger partial charge in [0.1, 0.15) is 10.5 Å². The highest BCUT2D eigenvalue weighted by molar-refractivity contribution is 7.18. The molecule has 3 aromatic rings. The number of aryl methyl sites for hydroxylation is 1. The number of nitrogens with one attached hydrogen (secondary N) is 1. The number of thiophene rings is 1. The minimum absolute atomic E-state index is 0.0834. The number of aromatic nitrogens is 3. The molecule has 1 N–H and O–H groups in total. The monoisotopic (exact) mass is 243 g/mol. The molecule has 0 radical (unpaired) electrons. The van der Waals surface area contributed by atoms with E-state index in [1.165, 1.54) is 11.3 Å². The van der Waals surface area contributed by atoms with Crippen molar-refractivity contribution in [2.24, 2.45) is 0 Å². The highest BCUT2D eigenvalue weighted by atomic mass is 32.1.